The van der Waals surface area contributed by atoms with Crippen LogP contribution >= 0.6 is 0 Å². The summed E-state index contributed by atoms with van der Waals surface area (Å²) in [7, 11) is 0. The predicted octanol–water partition coefficient (Wildman–Crippen LogP) is 4.67. The van der Waals surface area contributed by atoms with Crippen molar-refractivity contribution in [2.24, 2.45) is 5.92 Å². The molecule has 2 N–H and O–H groups in total. The van der Waals surface area contributed by atoms with E-state index >= 15 is 0 Å². The van der Waals surface area contributed by atoms with Crippen LogP contribution in [0.25, 0.3) is 22.1 Å². The van der Waals surface area contributed by atoms with Crippen molar-refractivity contribution in [2.45, 2.75) is 44.7 Å². The summed E-state index contributed by atoms with van der Waals surface area (Å²) in [5, 5.41) is 3.35. The Morgan fingerprint density at radius 2 is 2.00 bits per heavy atom. The van der Waals surface area contributed by atoms with Gasteiger partial charge in [-0.15, -0.1) is 0 Å². The van der Waals surface area contributed by atoms with Gasteiger partial charge in [0.25, 0.3) is 6.01 Å². The molecule has 0 atom stereocenters. The van der Waals surface area contributed by atoms with Crippen LogP contribution in [-0.4, -0.2) is 20.6 Å². The highest BCUT2D eigenvalue weighted by Crippen LogP contribution is 2.30. The van der Waals surface area contributed by atoms with Crippen LogP contribution in [0, 0.1) is 11.7 Å². The first-order chi connectivity index (χ1) is 14.2. The molecule has 0 aliphatic heterocycles. The maximum Gasteiger partial charge on any atom is 0.326 e. The molecule has 1 aliphatic carbocycles. The molecule has 0 unspecified atom stereocenters. The second-order valence-corrected chi connectivity index (χ2v) is 7.88. The van der Waals surface area contributed by atoms with E-state index in [9.17, 15) is 9.18 Å². The second-order valence-electron chi connectivity index (χ2n) is 7.88. The minimum absolute atomic E-state index is 0.0334. The number of benzene rings is 2. The van der Waals surface area contributed by atoms with Gasteiger partial charge in [-0.2, -0.15) is 4.98 Å². The van der Waals surface area contributed by atoms with E-state index in [2.05, 4.69) is 15.3 Å². The molecule has 0 radical (unpaired) electrons. The number of hydrogen-bond donors (Lipinski definition) is 2. The zero-order valence-electron chi connectivity index (χ0n) is 16.0. The van der Waals surface area contributed by atoms with E-state index in [1.54, 1.807) is 6.07 Å². The Bertz CT molecular complexity index is 1200. The molecule has 7 heteroatoms. The van der Waals surface area contributed by atoms with E-state index in [-0.39, 0.29) is 11.5 Å². The summed E-state index contributed by atoms with van der Waals surface area (Å²) in [6, 6.07) is 13.0. The van der Waals surface area contributed by atoms with Gasteiger partial charge in [0.2, 0.25) is 0 Å². The van der Waals surface area contributed by atoms with E-state index in [1.807, 2.05) is 28.8 Å². The first-order valence-corrected chi connectivity index (χ1v) is 10.2. The lowest BCUT2D eigenvalue weighted by Crippen LogP contribution is -2.27. The minimum atomic E-state index is -0.324. The molecule has 5 rings (SSSR count). The maximum absolute atomic E-state index is 13.3. The van der Waals surface area contributed by atoms with Crippen molar-refractivity contribution < 1.29 is 8.81 Å². The van der Waals surface area contributed by atoms with Crippen molar-refractivity contribution in [1.82, 2.24) is 14.5 Å². The Hall–Kier alpha value is -3.09. The van der Waals surface area contributed by atoms with Crippen LogP contribution in [0.3, 0.4) is 0 Å². The topological polar surface area (TPSA) is 75.8 Å². The monoisotopic (exact) mass is 394 g/mol. The van der Waals surface area contributed by atoms with E-state index in [0.717, 1.165) is 49.7 Å². The third-order valence-electron chi connectivity index (χ3n) is 5.97. The summed E-state index contributed by atoms with van der Waals surface area (Å²) in [5.74, 6) is 0.279. The smallest absolute Gasteiger partial charge is 0.326 e. The maximum atomic E-state index is 13.3. The van der Waals surface area contributed by atoms with Gasteiger partial charge in [-0.25, -0.2) is 9.18 Å². The SMILES string of the molecule is O=c1[nH]c2ccccc2n1CCC1CCC(Nc2nc3ccc(F)cc3o2)CC1. The molecule has 0 amide bonds. The van der Waals surface area contributed by atoms with Crippen molar-refractivity contribution in [1.29, 1.82) is 0 Å². The number of hydrogen-bond acceptors (Lipinski definition) is 4. The van der Waals surface area contributed by atoms with Crippen molar-refractivity contribution in [3.63, 3.8) is 0 Å². The lowest BCUT2D eigenvalue weighted by molar-refractivity contribution is 0.306. The standard InChI is InChI=1S/C22H23FN4O2/c23-15-7-10-18-20(13-15)29-21(25-18)24-16-8-5-14(6-9-16)11-12-27-19-4-2-1-3-17(19)26-22(27)28/h1-4,7,10,13-14,16H,5-6,8-9,11-12H2,(H,24,25)(H,26,28). The molecule has 2 aromatic carbocycles. The van der Waals surface area contributed by atoms with Crippen LogP contribution < -0.4 is 11.0 Å². The van der Waals surface area contributed by atoms with E-state index in [0.29, 0.717) is 29.1 Å². The Labute approximate surface area is 166 Å². The summed E-state index contributed by atoms with van der Waals surface area (Å²) in [6.45, 7) is 0.738. The number of nitrogens with zero attached hydrogens (tertiary/aromatic N) is 2. The molecule has 1 saturated carbocycles. The predicted molar refractivity (Wildman–Crippen MR) is 111 cm³/mol. The highest BCUT2D eigenvalue weighted by molar-refractivity contribution is 5.75. The van der Waals surface area contributed by atoms with Gasteiger partial charge in [0.15, 0.2) is 5.58 Å². The molecule has 2 heterocycles. The number of aromatic nitrogens is 3. The molecule has 0 saturated heterocycles. The third kappa shape index (κ3) is 3.64. The van der Waals surface area contributed by atoms with Gasteiger partial charge in [-0.3, -0.25) is 4.57 Å². The van der Waals surface area contributed by atoms with Crippen LogP contribution in [0.4, 0.5) is 10.4 Å². The van der Waals surface area contributed by atoms with Gasteiger partial charge in [0.1, 0.15) is 11.3 Å². The molecule has 1 aliphatic rings. The second kappa shape index (κ2) is 7.39. The summed E-state index contributed by atoms with van der Waals surface area (Å²) >= 11 is 0. The average molecular weight is 394 g/mol. The quantitative estimate of drug-likeness (QED) is 0.516. The van der Waals surface area contributed by atoms with Gasteiger partial charge in [-0.05, 0) is 62.3 Å². The number of imidazole rings is 1. The number of aryl methyl sites for hydroxylation is 1. The summed E-state index contributed by atoms with van der Waals surface area (Å²) < 4.78 is 20.8. The van der Waals surface area contributed by atoms with E-state index in [4.69, 9.17) is 4.42 Å². The zero-order chi connectivity index (χ0) is 19.8. The fourth-order valence-corrected chi connectivity index (χ4v) is 4.37. The fourth-order valence-electron chi connectivity index (χ4n) is 4.37. The van der Waals surface area contributed by atoms with Crippen LogP contribution in [0.15, 0.2) is 51.7 Å². The normalized spacial score (nSPS) is 19.8. The summed E-state index contributed by atoms with van der Waals surface area (Å²) in [5.41, 5.74) is 2.95. The molecular formula is C22H23FN4O2. The minimum Gasteiger partial charge on any atom is -0.423 e. The van der Waals surface area contributed by atoms with Crippen LogP contribution in [0.1, 0.15) is 32.1 Å². The summed E-state index contributed by atoms with van der Waals surface area (Å²) in [4.78, 5) is 19.5. The number of nitrogens with one attached hydrogen (secondary N) is 2. The van der Waals surface area contributed by atoms with Crippen molar-refractivity contribution in [3.05, 3.63) is 58.8 Å². The number of oxazole rings is 1. The molecule has 1 fully saturated rings. The molecule has 0 spiro atoms. The largest absolute Gasteiger partial charge is 0.423 e. The number of aromatic amines is 1. The van der Waals surface area contributed by atoms with Crippen molar-refractivity contribution in [2.75, 3.05) is 5.32 Å². The highest BCUT2D eigenvalue weighted by Gasteiger charge is 2.23. The molecule has 0 bridgehead atoms. The number of halogens is 1. The number of anilines is 1. The Kier molecular flexibility index (Phi) is 4.58. The Morgan fingerprint density at radius 3 is 2.86 bits per heavy atom. The summed E-state index contributed by atoms with van der Waals surface area (Å²) in [6.07, 6.45) is 5.25. The Morgan fingerprint density at radius 1 is 1.17 bits per heavy atom. The molecule has 4 aromatic rings. The number of para-hydroxylation sites is 2. The highest BCUT2D eigenvalue weighted by atomic mass is 19.1. The fraction of sp³-hybridized carbons (Fsp3) is 0.364. The first-order valence-electron chi connectivity index (χ1n) is 10.2. The number of fused-ring (bicyclic) bond motifs is 2. The van der Waals surface area contributed by atoms with Crippen molar-refractivity contribution >= 4 is 28.1 Å². The number of H-pyrrole nitrogens is 1. The van der Waals surface area contributed by atoms with Crippen molar-refractivity contribution in [3.8, 4) is 0 Å². The lowest BCUT2D eigenvalue weighted by Gasteiger charge is -2.28. The molecule has 150 valence electrons. The Balaban J connectivity index is 1.17. The van der Waals surface area contributed by atoms with Crippen LogP contribution in [0.2, 0.25) is 0 Å². The zero-order valence-corrected chi connectivity index (χ0v) is 16.0. The van der Waals surface area contributed by atoms with Gasteiger partial charge in [0.05, 0.1) is 11.0 Å². The number of rotatable bonds is 5. The van der Waals surface area contributed by atoms with Gasteiger partial charge >= 0.3 is 5.69 Å². The average Bonchev–Trinajstić information content (AvgIpc) is 3.26. The molecule has 6 nitrogen and oxygen atoms in total. The molecular weight excluding hydrogens is 371 g/mol. The lowest BCUT2D eigenvalue weighted by atomic mass is 9.84. The van der Waals surface area contributed by atoms with Crippen LogP contribution in [-0.2, 0) is 6.54 Å². The van der Waals surface area contributed by atoms with Gasteiger partial charge in [-0.1, -0.05) is 12.1 Å². The van der Waals surface area contributed by atoms with Crippen LogP contribution in [0.5, 0.6) is 0 Å². The van der Waals surface area contributed by atoms with E-state index in [1.165, 1.54) is 12.1 Å². The molecule has 29 heavy (non-hydrogen) atoms. The van der Waals surface area contributed by atoms with E-state index < -0.39 is 0 Å². The molecule has 2 aromatic heterocycles. The first kappa shape index (κ1) is 18.0. The van der Waals surface area contributed by atoms with Gasteiger partial charge in [0, 0.05) is 18.7 Å². The third-order valence-corrected chi connectivity index (χ3v) is 5.97. The van der Waals surface area contributed by atoms with Gasteiger partial charge < -0.3 is 14.7 Å².